The lowest BCUT2D eigenvalue weighted by Gasteiger charge is -2.26. The lowest BCUT2D eigenvalue weighted by molar-refractivity contribution is 0.338. The second-order valence-electron chi connectivity index (χ2n) is 4.92. The normalized spacial score (nSPS) is 11.9. The Kier molecular flexibility index (Phi) is 8.94. The summed E-state index contributed by atoms with van der Waals surface area (Å²) in [6.07, 6.45) is 1.41. The Balaban J connectivity index is 0.00000441. The Morgan fingerprint density at radius 1 is 1.27 bits per heavy atom. The van der Waals surface area contributed by atoms with Gasteiger partial charge in [0.2, 0.25) is 10.0 Å². The molecule has 0 aromatic heterocycles. The van der Waals surface area contributed by atoms with Crippen LogP contribution in [0.1, 0.15) is 33.6 Å². The summed E-state index contributed by atoms with van der Waals surface area (Å²) >= 11 is 3.32. The fourth-order valence-electron chi connectivity index (χ4n) is 1.74. The van der Waals surface area contributed by atoms with E-state index in [9.17, 15) is 8.42 Å². The van der Waals surface area contributed by atoms with Gasteiger partial charge in [-0.15, -0.1) is 12.4 Å². The molecule has 0 aliphatic rings. The Labute approximate surface area is 147 Å². The molecule has 1 aromatic carbocycles. The molecule has 0 unspecified atom stereocenters. The van der Waals surface area contributed by atoms with E-state index in [0.717, 1.165) is 0 Å². The van der Waals surface area contributed by atoms with Gasteiger partial charge in [-0.1, -0.05) is 13.8 Å². The van der Waals surface area contributed by atoms with E-state index in [2.05, 4.69) is 20.7 Å². The summed E-state index contributed by atoms with van der Waals surface area (Å²) in [5.74, 6) is 0.617. The molecule has 0 aliphatic heterocycles. The predicted octanol–water partition coefficient (Wildman–Crippen LogP) is 3.07. The maximum absolute atomic E-state index is 12.3. The van der Waals surface area contributed by atoms with Gasteiger partial charge in [0.1, 0.15) is 5.75 Å². The number of hydrogen-bond acceptors (Lipinski definition) is 4. The highest BCUT2D eigenvalue weighted by atomic mass is 79.9. The van der Waals surface area contributed by atoms with Gasteiger partial charge < -0.3 is 10.5 Å². The first kappa shape index (κ1) is 21.7. The maximum atomic E-state index is 12.3. The SMILES string of the molecule is CCOc1ccc(S(=O)(=O)NCC(N)(CC)CC)cc1Br.Cl. The smallest absolute Gasteiger partial charge is 0.240 e. The first-order valence-electron chi connectivity index (χ1n) is 6.99. The van der Waals surface area contributed by atoms with Crippen LogP contribution in [-0.2, 0) is 10.0 Å². The monoisotopic (exact) mass is 414 g/mol. The van der Waals surface area contributed by atoms with Crippen LogP contribution in [0.4, 0.5) is 0 Å². The summed E-state index contributed by atoms with van der Waals surface area (Å²) < 4.78 is 33.2. The van der Waals surface area contributed by atoms with Crippen molar-refractivity contribution in [2.45, 2.75) is 44.0 Å². The molecule has 1 aromatic rings. The van der Waals surface area contributed by atoms with Crippen molar-refractivity contribution in [2.75, 3.05) is 13.2 Å². The first-order valence-corrected chi connectivity index (χ1v) is 9.26. The second kappa shape index (κ2) is 9.08. The number of ether oxygens (including phenoxy) is 1. The molecule has 0 amide bonds. The van der Waals surface area contributed by atoms with Crippen molar-refractivity contribution in [3.8, 4) is 5.75 Å². The van der Waals surface area contributed by atoms with Crippen LogP contribution < -0.4 is 15.2 Å². The third-order valence-electron chi connectivity index (χ3n) is 3.54. The standard InChI is InChI=1S/C14H23BrN2O3S.ClH/c1-4-14(16,5-2)10-17-21(18,19)11-7-8-13(20-6-3)12(15)9-11;/h7-9,17H,4-6,10,16H2,1-3H3;1H. The lowest BCUT2D eigenvalue weighted by atomic mass is 9.95. The summed E-state index contributed by atoms with van der Waals surface area (Å²) in [6, 6.07) is 4.69. The van der Waals surface area contributed by atoms with Crippen molar-refractivity contribution in [3.05, 3.63) is 22.7 Å². The predicted molar refractivity (Wildman–Crippen MR) is 95.2 cm³/mol. The van der Waals surface area contributed by atoms with E-state index in [1.165, 1.54) is 12.1 Å². The summed E-state index contributed by atoms with van der Waals surface area (Å²) in [5.41, 5.74) is 5.60. The van der Waals surface area contributed by atoms with Crippen LogP contribution in [-0.4, -0.2) is 27.1 Å². The van der Waals surface area contributed by atoms with Crippen molar-refractivity contribution in [3.63, 3.8) is 0 Å². The molecule has 128 valence electrons. The van der Waals surface area contributed by atoms with Gasteiger partial charge >= 0.3 is 0 Å². The molecule has 3 N–H and O–H groups in total. The quantitative estimate of drug-likeness (QED) is 0.683. The van der Waals surface area contributed by atoms with Gasteiger partial charge in [0.05, 0.1) is 16.0 Å². The van der Waals surface area contributed by atoms with Gasteiger partial charge in [-0.05, 0) is 53.9 Å². The largest absolute Gasteiger partial charge is 0.493 e. The summed E-state index contributed by atoms with van der Waals surface area (Å²) in [5, 5.41) is 0. The number of nitrogens with two attached hydrogens (primary N) is 1. The Morgan fingerprint density at radius 3 is 2.32 bits per heavy atom. The van der Waals surface area contributed by atoms with E-state index in [1.807, 2.05) is 20.8 Å². The summed E-state index contributed by atoms with van der Waals surface area (Å²) in [7, 11) is -3.58. The van der Waals surface area contributed by atoms with Crippen LogP contribution in [0.25, 0.3) is 0 Å². The van der Waals surface area contributed by atoms with Crippen LogP contribution in [0.5, 0.6) is 5.75 Å². The lowest BCUT2D eigenvalue weighted by Crippen LogP contribution is -2.49. The topological polar surface area (TPSA) is 81.4 Å². The first-order chi connectivity index (χ1) is 9.78. The highest BCUT2D eigenvalue weighted by molar-refractivity contribution is 9.10. The van der Waals surface area contributed by atoms with Gasteiger partial charge in [0.25, 0.3) is 0 Å². The highest BCUT2D eigenvalue weighted by Crippen LogP contribution is 2.27. The van der Waals surface area contributed by atoms with Gasteiger partial charge in [-0.3, -0.25) is 0 Å². The van der Waals surface area contributed by atoms with Crippen LogP contribution in [0.3, 0.4) is 0 Å². The van der Waals surface area contributed by atoms with Gasteiger partial charge in [0, 0.05) is 12.1 Å². The number of rotatable bonds is 8. The molecule has 0 atom stereocenters. The van der Waals surface area contributed by atoms with E-state index in [1.54, 1.807) is 6.07 Å². The van der Waals surface area contributed by atoms with Crippen LogP contribution in [0.2, 0.25) is 0 Å². The molecule has 0 radical (unpaired) electrons. The second-order valence-corrected chi connectivity index (χ2v) is 7.54. The number of halogens is 2. The maximum Gasteiger partial charge on any atom is 0.240 e. The number of hydrogen-bond donors (Lipinski definition) is 2. The van der Waals surface area contributed by atoms with E-state index < -0.39 is 15.6 Å². The molecular weight excluding hydrogens is 392 g/mol. The van der Waals surface area contributed by atoms with Crippen molar-refractivity contribution in [2.24, 2.45) is 5.73 Å². The average molecular weight is 416 g/mol. The number of sulfonamides is 1. The van der Waals surface area contributed by atoms with Crippen LogP contribution in [0.15, 0.2) is 27.6 Å². The molecule has 0 bridgehead atoms. The van der Waals surface area contributed by atoms with Crippen LogP contribution in [0, 0.1) is 0 Å². The van der Waals surface area contributed by atoms with E-state index in [4.69, 9.17) is 10.5 Å². The molecular formula is C14H24BrClN2O3S. The summed E-state index contributed by atoms with van der Waals surface area (Å²) in [6.45, 7) is 6.50. The number of nitrogens with one attached hydrogen (secondary N) is 1. The average Bonchev–Trinajstić information content (AvgIpc) is 2.47. The summed E-state index contributed by atoms with van der Waals surface area (Å²) in [4.78, 5) is 0.187. The minimum atomic E-state index is -3.58. The van der Waals surface area contributed by atoms with Gasteiger partial charge in [-0.2, -0.15) is 0 Å². The van der Waals surface area contributed by atoms with Crippen molar-refractivity contribution in [1.29, 1.82) is 0 Å². The molecule has 22 heavy (non-hydrogen) atoms. The molecule has 0 fully saturated rings. The molecule has 0 saturated carbocycles. The third kappa shape index (κ3) is 5.70. The zero-order valence-electron chi connectivity index (χ0n) is 13.1. The molecule has 5 nitrogen and oxygen atoms in total. The Morgan fingerprint density at radius 2 is 1.86 bits per heavy atom. The third-order valence-corrected chi connectivity index (χ3v) is 5.55. The van der Waals surface area contributed by atoms with Gasteiger partial charge in [0.15, 0.2) is 0 Å². The molecule has 0 aliphatic carbocycles. The molecule has 1 rings (SSSR count). The molecule has 0 heterocycles. The van der Waals surface area contributed by atoms with Crippen LogP contribution >= 0.6 is 28.3 Å². The fraction of sp³-hybridized carbons (Fsp3) is 0.571. The minimum Gasteiger partial charge on any atom is -0.493 e. The zero-order chi connectivity index (χ0) is 16.1. The van der Waals surface area contributed by atoms with E-state index >= 15 is 0 Å². The molecule has 8 heteroatoms. The zero-order valence-corrected chi connectivity index (χ0v) is 16.3. The van der Waals surface area contributed by atoms with Crippen molar-refractivity contribution >= 4 is 38.4 Å². The minimum absolute atomic E-state index is 0. The van der Waals surface area contributed by atoms with E-state index in [0.29, 0.717) is 29.7 Å². The highest BCUT2D eigenvalue weighted by Gasteiger charge is 2.24. The fourth-order valence-corrected chi connectivity index (χ4v) is 3.55. The van der Waals surface area contributed by atoms with Crippen molar-refractivity contribution in [1.82, 2.24) is 4.72 Å². The number of benzene rings is 1. The Bertz CT molecular complexity index is 577. The van der Waals surface area contributed by atoms with E-state index in [-0.39, 0.29) is 23.8 Å². The molecule has 0 spiro atoms. The molecule has 0 saturated heterocycles. The van der Waals surface area contributed by atoms with Gasteiger partial charge in [-0.25, -0.2) is 13.1 Å². The Hall–Kier alpha value is -0.340. The van der Waals surface area contributed by atoms with Crippen molar-refractivity contribution < 1.29 is 13.2 Å².